The molecular formula is C14H16N2O2. The molecule has 18 heavy (non-hydrogen) atoms. The van der Waals surface area contributed by atoms with Crippen molar-refractivity contribution in [3.05, 3.63) is 24.3 Å². The number of hydrogen-bond donors (Lipinski definition) is 0. The normalized spacial score (nSPS) is 30.8. The first kappa shape index (κ1) is 10.4. The highest BCUT2D eigenvalue weighted by Crippen LogP contribution is 2.31. The summed E-state index contributed by atoms with van der Waals surface area (Å²) in [6, 6.07) is 7.78. The van der Waals surface area contributed by atoms with Crippen LogP contribution < -0.4 is 4.74 Å². The van der Waals surface area contributed by atoms with E-state index in [9.17, 15) is 0 Å². The van der Waals surface area contributed by atoms with Crippen LogP contribution in [0, 0.1) is 5.92 Å². The van der Waals surface area contributed by atoms with Crippen molar-refractivity contribution in [2.24, 2.45) is 5.92 Å². The second-order valence-corrected chi connectivity index (χ2v) is 5.24. The maximum atomic E-state index is 5.95. The van der Waals surface area contributed by atoms with Gasteiger partial charge in [0.2, 0.25) is 0 Å². The van der Waals surface area contributed by atoms with Gasteiger partial charge >= 0.3 is 6.08 Å². The summed E-state index contributed by atoms with van der Waals surface area (Å²) in [7, 11) is 0. The Labute approximate surface area is 106 Å². The minimum absolute atomic E-state index is 0.251. The molecule has 4 heterocycles. The molecule has 1 atom stereocenters. The van der Waals surface area contributed by atoms with E-state index >= 15 is 0 Å². The van der Waals surface area contributed by atoms with Gasteiger partial charge in [-0.15, -0.1) is 0 Å². The Hall–Kier alpha value is -1.55. The van der Waals surface area contributed by atoms with Crippen molar-refractivity contribution in [1.29, 1.82) is 0 Å². The molecule has 0 aliphatic carbocycles. The van der Waals surface area contributed by atoms with Gasteiger partial charge in [0.1, 0.15) is 11.6 Å². The molecule has 3 fully saturated rings. The van der Waals surface area contributed by atoms with Gasteiger partial charge in [0.25, 0.3) is 0 Å². The fraction of sp³-hybridized carbons (Fsp3) is 0.500. The lowest BCUT2D eigenvalue weighted by atomic mass is 9.86. The van der Waals surface area contributed by atoms with Crippen LogP contribution in [-0.2, 0) is 0 Å². The highest BCUT2D eigenvalue weighted by atomic mass is 16.6. The smallest absolute Gasteiger partial charge is 0.394 e. The molecule has 1 unspecified atom stereocenters. The van der Waals surface area contributed by atoms with Gasteiger partial charge in [-0.2, -0.15) is 4.98 Å². The van der Waals surface area contributed by atoms with Gasteiger partial charge in [0.05, 0.1) is 0 Å². The first-order chi connectivity index (χ1) is 8.88. The van der Waals surface area contributed by atoms with Crippen molar-refractivity contribution in [2.45, 2.75) is 18.9 Å². The minimum atomic E-state index is 0.251. The van der Waals surface area contributed by atoms with E-state index in [0.717, 1.165) is 17.6 Å². The average molecular weight is 244 g/mol. The molecule has 1 aromatic heterocycles. The molecule has 4 nitrogen and oxygen atoms in total. The second kappa shape index (κ2) is 3.99. The van der Waals surface area contributed by atoms with Gasteiger partial charge in [0, 0.05) is 6.54 Å². The summed E-state index contributed by atoms with van der Waals surface area (Å²) in [4.78, 5) is 6.85. The maximum Gasteiger partial charge on any atom is 0.394 e. The third-order valence-electron chi connectivity index (χ3n) is 4.12. The van der Waals surface area contributed by atoms with Crippen molar-refractivity contribution >= 4 is 11.1 Å². The van der Waals surface area contributed by atoms with E-state index in [-0.39, 0.29) is 6.10 Å². The van der Waals surface area contributed by atoms with E-state index in [1.807, 2.05) is 24.3 Å². The number of fused-ring (bicyclic) bond motifs is 4. The Morgan fingerprint density at radius 3 is 2.78 bits per heavy atom. The van der Waals surface area contributed by atoms with Crippen LogP contribution >= 0.6 is 0 Å². The van der Waals surface area contributed by atoms with E-state index in [4.69, 9.17) is 9.15 Å². The van der Waals surface area contributed by atoms with E-state index in [2.05, 4.69) is 9.88 Å². The van der Waals surface area contributed by atoms with Crippen molar-refractivity contribution in [2.75, 3.05) is 19.6 Å². The summed E-state index contributed by atoms with van der Waals surface area (Å²) in [6.07, 6.45) is 3.16. The lowest BCUT2D eigenvalue weighted by molar-refractivity contribution is -0.0205. The number of benzene rings is 1. The van der Waals surface area contributed by atoms with Crippen molar-refractivity contribution in [3.8, 4) is 6.08 Å². The third kappa shape index (κ3) is 1.68. The Bertz CT molecular complexity index is 525. The number of oxazole rings is 1. The summed E-state index contributed by atoms with van der Waals surface area (Å²) in [5.74, 6) is 0.671. The topological polar surface area (TPSA) is 38.5 Å². The van der Waals surface area contributed by atoms with Crippen LogP contribution in [0.3, 0.4) is 0 Å². The highest BCUT2D eigenvalue weighted by Gasteiger charge is 2.36. The fourth-order valence-electron chi connectivity index (χ4n) is 3.08. The van der Waals surface area contributed by atoms with Gasteiger partial charge in [-0.05, 0) is 44.0 Å². The second-order valence-electron chi connectivity index (χ2n) is 5.24. The Morgan fingerprint density at radius 2 is 2.06 bits per heavy atom. The molecule has 0 saturated carbocycles. The lowest BCUT2D eigenvalue weighted by Gasteiger charge is -2.43. The van der Waals surface area contributed by atoms with Crippen LogP contribution in [0.5, 0.6) is 6.08 Å². The van der Waals surface area contributed by atoms with Crippen molar-refractivity contribution in [1.82, 2.24) is 9.88 Å². The molecule has 0 amide bonds. The highest BCUT2D eigenvalue weighted by molar-refractivity contribution is 5.72. The van der Waals surface area contributed by atoms with Gasteiger partial charge in [-0.3, -0.25) is 4.90 Å². The van der Waals surface area contributed by atoms with E-state index in [0.29, 0.717) is 12.0 Å². The minimum Gasteiger partial charge on any atom is -0.445 e. The SMILES string of the molecule is c1ccc2oc(OC3CN4CCC3CC4)nc2c1. The van der Waals surface area contributed by atoms with Crippen LogP contribution in [0.25, 0.3) is 11.1 Å². The summed E-state index contributed by atoms with van der Waals surface area (Å²) in [6.45, 7) is 3.46. The van der Waals surface area contributed by atoms with Crippen LogP contribution in [-0.4, -0.2) is 35.6 Å². The van der Waals surface area contributed by atoms with Crippen molar-refractivity contribution < 1.29 is 9.15 Å². The summed E-state index contributed by atoms with van der Waals surface area (Å²) < 4.78 is 11.6. The van der Waals surface area contributed by atoms with Crippen LogP contribution in [0.15, 0.2) is 28.7 Å². The number of rotatable bonds is 2. The zero-order chi connectivity index (χ0) is 11.9. The molecule has 5 rings (SSSR count). The number of nitrogens with zero attached hydrogens (tertiary/aromatic N) is 2. The molecular weight excluding hydrogens is 228 g/mol. The van der Waals surface area contributed by atoms with Crippen LogP contribution in [0.2, 0.25) is 0 Å². The molecule has 94 valence electrons. The van der Waals surface area contributed by atoms with Crippen LogP contribution in [0.4, 0.5) is 0 Å². The fourth-order valence-corrected chi connectivity index (χ4v) is 3.08. The molecule has 3 aliphatic rings. The first-order valence-corrected chi connectivity index (χ1v) is 6.63. The zero-order valence-electron chi connectivity index (χ0n) is 10.2. The predicted molar refractivity (Wildman–Crippen MR) is 67.6 cm³/mol. The molecule has 2 bridgehead atoms. The van der Waals surface area contributed by atoms with E-state index in [1.54, 1.807) is 0 Å². The molecule has 1 aromatic carbocycles. The quantitative estimate of drug-likeness (QED) is 0.812. The average Bonchev–Trinajstić information content (AvgIpc) is 2.82. The van der Waals surface area contributed by atoms with Crippen LogP contribution in [0.1, 0.15) is 12.8 Å². The Balaban J connectivity index is 1.57. The molecule has 0 N–H and O–H groups in total. The Morgan fingerprint density at radius 1 is 1.22 bits per heavy atom. The van der Waals surface area contributed by atoms with Crippen molar-refractivity contribution in [3.63, 3.8) is 0 Å². The maximum absolute atomic E-state index is 5.95. The third-order valence-corrected chi connectivity index (χ3v) is 4.12. The molecule has 3 aliphatic heterocycles. The number of ether oxygens (including phenoxy) is 1. The zero-order valence-corrected chi connectivity index (χ0v) is 10.2. The molecule has 0 spiro atoms. The number of para-hydroxylation sites is 2. The van der Waals surface area contributed by atoms with E-state index in [1.165, 1.54) is 25.9 Å². The van der Waals surface area contributed by atoms with Gasteiger partial charge in [-0.1, -0.05) is 12.1 Å². The van der Waals surface area contributed by atoms with Gasteiger partial charge in [-0.25, -0.2) is 0 Å². The number of piperidine rings is 3. The summed E-state index contributed by atoms with van der Waals surface area (Å²) in [5, 5.41) is 0. The summed E-state index contributed by atoms with van der Waals surface area (Å²) >= 11 is 0. The number of hydrogen-bond acceptors (Lipinski definition) is 4. The molecule has 2 aromatic rings. The largest absolute Gasteiger partial charge is 0.445 e. The molecule has 3 saturated heterocycles. The predicted octanol–water partition coefficient (Wildman–Crippen LogP) is 2.30. The molecule has 0 radical (unpaired) electrons. The Kier molecular flexibility index (Phi) is 2.30. The number of aromatic nitrogens is 1. The van der Waals surface area contributed by atoms with Gasteiger partial charge < -0.3 is 9.15 Å². The standard InChI is InChI=1S/C14H16N2O2/c1-2-4-12-11(3-1)15-14(17-12)18-13-9-16-7-5-10(13)6-8-16/h1-4,10,13H,5-9H2. The lowest BCUT2D eigenvalue weighted by Crippen LogP contribution is -2.52. The monoisotopic (exact) mass is 244 g/mol. The summed E-state index contributed by atoms with van der Waals surface area (Å²) in [5.41, 5.74) is 1.67. The van der Waals surface area contributed by atoms with E-state index < -0.39 is 0 Å². The first-order valence-electron chi connectivity index (χ1n) is 6.63. The van der Waals surface area contributed by atoms with Gasteiger partial charge in [0.15, 0.2) is 5.58 Å². The molecule has 4 heteroatoms.